The molecular weight excluding hydrogens is 417 g/mol. The van der Waals surface area contributed by atoms with Crippen molar-refractivity contribution in [3.63, 3.8) is 0 Å². The lowest BCUT2D eigenvalue weighted by atomic mass is 10.0. The zero-order valence-corrected chi connectivity index (χ0v) is 14.7. The van der Waals surface area contributed by atoms with E-state index in [1.807, 2.05) is 30.3 Å². The number of carbonyl (C=O) groups is 1. The summed E-state index contributed by atoms with van der Waals surface area (Å²) in [6, 6.07) is 12.1. The average Bonchev–Trinajstić information content (AvgIpc) is 2.59. The summed E-state index contributed by atoms with van der Waals surface area (Å²) >= 11 is 3.24. The molecule has 0 saturated heterocycles. The van der Waals surface area contributed by atoms with E-state index in [9.17, 15) is 18.0 Å². The van der Waals surface area contributed by atoms with E-state index in [-0.39, 0.29) is 17.9 Å². The number of alkyl halides is 3. The number of hydrogen-bond donors (Lipinski definition) is 1. The molecule has 3 rings (SSSR count). The number of carboxylic acids is 1. The fourth-order valence-corrected chi connectivity index (χ4v) is 2.90. The van der Waals surface area contributed by atoms with Gasteiger partial charge < -0.3 is 14.6 Å². The summed E-state index contributed by atoms with van der Waals surface area (Å²) < 4.78 is 50.2. The van der Waals surface area contributed by atoms with Crippen LogP contribution in [0, 0.1) is 0 Å². The molecule has 136 valence electrons. The van der Waals surface area contributed by atoms with E-state index < -0.39 is 23.8 Å². The Hall–Kier alpha value is -2.48. The van der Waals surface area contributed by atoms with Crippen LogP contribution in [0.2, 0.25) is 0 Å². The second-order valence-corrected chi connectivity index (χ2v) is 6.39. The van der Waals surface area contributed by atoms with Gasteiger partial charge in [0.25, 0.3) is 0 Å². The van der Waals surface area contributed by atoms with Gasteiger partial charge >= 0.3 is 12.1 Å². The van der Waals surface area contributed by atoms with E-state index in [0.29, 0.717) is 10.2 Å². The van der Waals surface area contributed by atoms with Gasteiger partial charge in [0.1, 0.15) is 18.1 Å². The SMILES string of the molecule is O=C(O)C1=Cc2cc(OCc3ccccc3)c(Br)cc2OC1C(F)(F)F. The van der Waals surface area contributed by atoms with Gasteiger partial charge in [-0.1, -0.05) is 30.3 Å². The van der Waals surface area contributed by atoms with E-state index in [4.69, 9.17) is 14.6 Å². The molecule has 1 unspecified atom stereocenters. The molecule has 1 heterocycles. The molecule has 8 heteroatoms. The maximum absolute atomic E-state index is 13.1. The Kier molecular flexibility index (Phi) is 4.95. The van der Waals surface area contributed by atoms with Crippen molar-refractivity contribution < 1.29 is 32.5 Å². The number of rotatable bonds is 4. The first-order chi connectivity index (χ1) is 12.3. The molecule has 0 aromatic heterocycles. The van der Waals surface area contributed by atoms with E-state index >= 15 is 0 Å². The fourth-order valence-electron chi connectivity index (χ4n) is 2.46. The number of benzene rings is 2. The molecule has 0 amide bonds. The van der Waals surface area contributed by atoms with Crippen LogP contribution < -0.4 is 9.47 Å². The van der Waals surface area contributed by atoms with Gasteiger partial charge in [-0.05, 0) is 39.7 Å². The predicted molar refractivity (Wildman–Crippen MR) is 91.0 cm³/mol. The van der Waals surface area contributed by atoms with Crippen LogP contribution >= 0.6 is 15.9 Å². The monoisotopic (exact) mass is 428 g/mol. The minimum Gasteiger partial charge on any atom is -0.488 e. The summed E-state index contributed by atoms with van der Waals surface area (Å²) in [5, 5.41) is 9.08. The van der Waals surface area contributed by atoms with Gasteiger partial charge in [0.15, 0.2) is 0 Å². The molecule has 0 fully saturated rings. The standard InChI is InChI=1S/C18H12BrF3O4/c19-13-8-14-11(6-12(17(23)24)16(26-14)18(20,21)22)7-15(13)25-9-10-4-2-1-3-5-10/h1-8,16H,9H2,(H,23,24). The molecule has 0 radical (unpaired) electrons. The maximum Gasteiger partial charge on any atom is 0.430 e. The number of fused-ring (bicyclic) bond motifs is 1. The van der Waals surface area contributed by atoms with E-state index in [0.717, 1.165) is 11.6 Å². The summed E-state index contributed by atoms with van der Waals surface area (Å²) in [6.45, 7) is 0.250. The second kappa shape index (κ2) is 7.03. The fraction of sp³-hybridized carbons (Fsp3) is 0.167. The average molecular weight is 429 g/mol. The lowest BCUT2D eigenvalue weighted by molar-refractivity contribution is -0.187. The summed E-state index contributed by atoms with van der Waals surface area (Å²) in [5.41, 5.74) is 0.239. The van der Waals surface area contributed by atoms with E-state index in [1.165, 1.54) is 12.1 Å². The van der Waals surface area contributed by atoms with Crippen molar-refractivity contribution in [3.8, 4) is 11.5 Å². The van der Waals surface area contributed by atoms with Crippen LogP contribution in [0.1, 0.15) is 11.1 Å². The Morgan fingerprint density at radius 1 is 1.23 bits per heavy atom. The van der Waals surface area contributed by atoms with Gasteiger partial charge in [-0.15, -0.1) is 0 Å². The molecule has 4 nitrogen and oxygen atoms in total. The third-order valence-corrected chi connectivity index (χ3v) is 4.30. The van der Waals surface area contributed by atoms with Crippen LogP contribution in [0.4, 0.5) is 13.2 Å². The zero-order chi connectivity index (χ0) is 18.9. The Labute approximate surface area is 155 Å². The Morgan fingerprint density at radius 3 is 2.54 bits per heavy atom. The summed E-state index contributed by atoms with van der Waals surface area (Å²) in [5.74, 6) is -1.40. The van der Waals surface area contributed by atoms with Gasteiger partial charge in [-0.3, -0.25) is 0 Å². The maximum atomic E-state index is 13.1. The molecule has 0 saturated carbocycles. The molecule has 2 aromatic rings. The van der Waals surface area contributed by atoms with Crippen molar-refractivity contribution in [3.05, 3.63) is 63.6 Å². The minimum absolute atomic E-state index is 0.0729. The third kappa shape index (κ3) is 3.85. The largest absolute Gasteiger partial charge is 0.488 e. The van der Waals surface area contributed by atoms with Crippen molar-refractivity contribution >= 4 is 28.0 Å². The third-order valence-electron chi connectivity index (χ3n) is 3.68. The topological polar surface area (TPSA) is 55.8 Å². The quantitative estimate of drug-likeness (QED) is 0.758. The molecule has 0 bridgehead atoms. The summed E-state index contributed by atoms with van der Waals surface area (Å²) in [7, 11) is 0. The molecule has 1 aliphatic rings. The highest BCUT2D eigenvalue weighted by molar-refractivity contribution is 9.10. The first-order valence-corrected chi connectivity index (χ1v) is 8.23. The number of halogens is 4. The first-order valence-electron chi connectivity index (χ1n) is 7.44. The van der Waals surface area contributed by atoms with Crippen LogP contribution in [-0.4, -0.2) is 23.4 Å². The van der Waals surface area contributed by atoms with Crippen LogP contribution in [0.15, 0.2) is 52.5 Å². The normalized spacial score (nSPS) is 16.3. The van der Waals surface area contributed by atoms with E-state index in [1.54, 1.807) is 0 Å². The van der Waals surface area contributed by atoms with Crippen LogP contribution in [0.3, 0.4) is 0 Å². The smallest absolute Gasteiger partial charge is 0.430 e. The number of ether oxygens (including phenoxy) is 2. The molecule has 0 aliphatic carbocycles. The van der Waals surface area contributed by atoms with Crippen LogP contribution in [0.25, 0.3) is 6.08 Å². The highest BCUT2D eigenvalue weighted by Crippen LogP contribution is 2.41. The molecule has 1 aliphatic heterocycles. The predicted octanol–water partition coefficient (Wildman–Crippen LogP) is 4.82. The molecule has 1 N–H and O–H groups in total. The summed E-state index contributed by atoms with van der Waals surface area (Å²) in [4.78, 5) is 11.2. The number of carboxylic acid groups (broad SMARTS) is 1. The van der Waals surface area contributed by atoms with Crippen molar-refractivity contribution in [2.75, 3.05) is 0 Å². The molecule has 0 spiro atoms. The molecule has 2 aromatic carbocycles. The van der Waals surface area contributed by atoms with Crippen molar-refractivity contribution in [2.45, 2.75) is 18.9 Å². The van der Waals surface area contributed by atoms with Gasteiger partial charge in [-0.2, -0.15) is 13.2 Å². The van der Waals surface area contributed by atoms with Gasteiger partial charge in [-0.25, -0.2) is 4.79 Å². The lowest BCUT2D eigenvalue weighted by Gasteiger charge is -2.27. The summed E-state index contributed by atoms with van der Waals surface area (Å²) in [6.07, 6.45) is -6.40. The second-order valence-electron chi connectivity index (χ2n) is 5.54. The van der Waals surface area contributed by atoms with Crippen molar-refractivity contribution in [2.24, 2.45) is 0 Å². The van der Waals surface area contributed by atoms with Crippen LogP contribution in [0.5, 0.6) is 11.5 Å². The van der Waals surface area contributed by atoms with Gasteiger partial charge in [0, 0.05) is 5.56 Å². The van der Waals surface area contributed by atoms with Gasteiger partial charge in [0.05, 0.1) is 10.0 Å². The Morgan fingerprint density at radius 2 is 1.92 bits per heavy atom. The van der Waals surface area contributed by atoms with Crippen LogP contribution in [-0.2, 0) is 11.4 Å². The minimum atomic E-state index is -4.84. The number of aliphatic carboxylic acids is 1. The van der Waals surface area contributed by atoms with Crippen molar-refractivity contribution in [1.82, 2.24) is 0 Å². The molecule has 1 atom stereocenters. The number of hydrogen-bond acceptors (Lipinski definition) is 3. The Balaban J connectivity index is 1.92. The lowest BCUT2D eigenvalue weighted by Crippen LogP contribution is -2.40. The zero-order valence-electron chi connectivity index (χ0n) is 13.1. The van der Waals surface area contributed by atoms with Gasteiger partial charge in [0.2, 0.25) is 6.10 Å². The first kappa shape index (κ1) is 18.3. The van der Waals surface area contributed by atoms with E-state index in [2.05, 4.69) is 15.9 Å². The Bertz CT molecular complexity index is 863. The molecular formula is C18H12BrF3O4. The molecule has 26 heavy (non-hydrogen) atoms. The highest BCUT2D eigenvalue weighted by Gasteiger charge is 2.48. The van der Waals surface area contributed by atoms with Crippen molar-refractivity contribution in [1.29, 1.82) is 0 Å². The highest BCUT2D eigenvalue weighted by atomic mass is 79.9.